The maximum absolute atomic E-state index is 11.6. The minimum absolute atomic E-state index is 0.175. The van der Waals surface area contributed by atoms with Gasteiger partial charge >= 0.3 is 0 Å². The fraction of sp³-hybridized carbons (Fsp3) is 0.182. The van der Waals surface area contributed by atoms with E-state index in [9.17, 15) is 4.79 Å². The minimum Gasteiger partial charge on any atom is -0.324 e. The lowest BCUT2D eigenvalue weighted by molar-refractivity contribution is 0.804. The van der Waals surface area contributed by atoms with Crippen molar-refractivity contribution in [2.24, 2.45) is 5.73 Å². The number of pyridine rings is 1. The highest BCUT2D eigenvalue weighted by atomic mass is 35.5. The molecule has 0 saturated heterocycles. The Kier molecular flexibility index (Phi) is 2.50. The van der Waals surface area contributed by atoms with Crippen molar-refractivity contribution in [2.75, 3.05) is 0 Å². The molecule has 0 bridgehead atoms. The number of hydrogen-bond acceptors (Lipinski definition) is 2. The van der Waals surface area contributed by atoms with Gasteiger partial charge in [-0.05, 0) is 19.1 Å². The van der Waals surface area contributed by atoms with Gasteiger partial charge in [-0.3, -0.25) is 4.79 Å². The molecule has 0 aliphatic heterocycles. The molecule has 0 aliphatic rings. The first-order valence-electron chi connectivity index (χ1n) is 4.66. The van der Waals surface area contributed by atoms with E-state index in [-0.39, 0.29) is 11.6 Å². The van der Waals surface area contributed by atoms with Crippen molar-refractivity contribution >= 4 is 22.5 Å². The molecule has 0 amide bonds. The Labute approximate surface area is 91.9 Å². The van der Waals surface area contributed by atoms with Crippen molar-refractivity contribution in [1.82, 2.24) is 4.98 Å². The summed E-state index contributed by atoms with van der Waals surface area (Å²) in [5.41, 5.74) is 6.75. The molecule has 0 saturated carbocycles. The van der Waals surface area contributed by atoms with Gasteiger partial charge in [0.2, 0.25) is 0 Å². The summed E-state index contributed by atoms with van der Waals surface area (Å²) in [7, 11) is 0. The van der Waals surface area contributed by atoms with Crippen molar-refractivity contribution in [3.63, 3.8) is 0 Å². The van der Waals surface area contributed by atoms with E-state index in [0.29, 0.717) is 16.1 Å². The van der Waals surface area contributed by atoms with Gasteiger partial charge in [0.25, 0.3) is 5.56 Å². The third-order valence-corrected chi connectivity index (χ3v) is 2.66. The van der Waals surface area contributed by atoms with E-state index in [1.807, 2.05) is 12.1 Å². The summed E-state index contributed by atoms with van der Waals surface area (Å²) in [4.78, 5) is 14.4. The van der Waals surface area contributed by atoms with Gasteiger partial charge in [-0.25, -0.2) is 0 Å². The number of aromatic nitrogens is 1. The van der Waals surface area contributed by atoms with Crippen LogP contribution in [0, 0.1) is 0 Å². The van der Waals surface area contributed by atoms with Crippen LogP contribution in [-0.4, -0.2) is 4.98 Å². The third kappa shape index (κ3) is 1.76. The van der Waals surface area contributed by atoms with Gasteiger partial charge in [0.05, 0.1) is 10.5 Å². The summed E-state index contributed by atoms with van der Waals surface area (Å²) in [5.74, 6) is 0. The highest BCUT2D eigenvalue weighted by molar-refractivity contribution is 6.35. The van der Waals surface area contributed by atoms with Crippen LogP contribution in [0.2, 0.25) is 5.02 Å². The Hall–Kier alpha value is -1.32. The van der Waals surface area contributed by atoms with Crippen LogP contribution in [0.15, 0.2) is 29.1 Å². The lowest BCUT2D eigenvalue weighted by atomic mass is 10.1. The molecule has 0 radical (unpaired) electrons. The summed E-state index contributed by atoms with van der Waals surface area (Å²) in [6.07, 6.45) is 0. The van der Waals surface area contributed by atoms with Crippen molar-refractivity contribution < 1.29 is 0 Å². The van der Waals surface area contributed by atoms with Crippen LogP contribution in [0.25, 0.3) is 10.9 Å². The van der Waals surface area contributed by atoms with Crippen LogP contribution in [-0.2, 0) is 0 Å². The van der Waals surface area contributed by atoms with Gasteiger partial charge in [0.1, 0.15) is 0 Å². The summed E-state index contributed by atoms with van der Waals surface area (Å²) >= 11 is 5.96. The predicted molar refractivity (Wildman–Crippen MR) is 62.2 cm³/mol. The number of H-pyrrole nitrogens is 1. The summed E-state index contributed by atoms with van der Waals surface area (Å²) in [5, 5.41) is 1.44. The number of nitrogens with two attached hydrogens (primary N) is 1. The number of nitrogens with one attached hydrogen (secondary N) is 1. The van der Waals surface area contributed by atoms with Crippen LogP contribution in [0.5, 0.6) is 0 Å². The minimum atomic E-state index is -0.280. The second kappa shape index (κ2) is 3.68. The average molecular weight is 223 g/mol. The maximum Gasteiger partial charge on any atom is 0.253 e. The van der Waals surface area contributed by atoms with E-state index in [0.717, 1.165) is 5.39 Å². The first kappa shape index (κ1) is 10.2. The molecule has 1 aromatic heterocycles. The van der Waals surface area contributed by atoms with E-state index in [4.69, 9.17) is 17.3 Å². The molecule has 2 aromatic rings. The zero-order valence-electron chi connectivity index (χ0n) is 8.25. The van der Waals surface area contributed by atoms with Crippen molar-refractivity contribution in [2.45, 2.75) is 13.0 Å². The average Bonchev–Trinajstić information content (AvgIpc) is 2.18. The quantitative estimate of drug-likeness (QED) is 0.777. The molecule has 2 rings (SSSR count). The van der Waals surface area contributed by atoms with Crippen LogP contribution < -0.4 is 11.3 Å². The Balaban J connectivity index is 2.82. The van der Waals surface area contributed by atoms with Gasteiger partial charge in [-0.15, -0.1) is 0 Å². The number of benzene rings is 1. The zero-order chi connectivity index (χ0) is 11.0. The number of para-hydroxylation sites is 1. The first-order chi connectivity index (χ1) is 7.09. The second-order valence-corrected chi connectivity index (χ2v) is 3.95. The van der Waals surface area contributed by atoms with Crippen LogP contribution in [0.4, 0.5) is 0 Å². The van der Waals surface area contributed by atoms with Crippen molar-refractivity contribution in [1.29, 1.82) is 0 Å². The molecule has 4 heteroatoms. The fourth-order valence-electron chi connectivity index (χ4n) is 1.55. The molecule has 0 aliphatic carbocycles. The number of halogens is 1. The Morgan fingerprint density at radius 3 is 2.87 bits per heavy atom. The molecule has 15 heavy (non-hydrogen) atoms. The lowest BCUT2D eigenvalue weighted by Gasteiger charge is -2.06. The molecule has 1 unspecified atom stereocenters. The second-order valence-electron chi connectivity index (χ2n) is 3.55. The van der Waals surface area contributed by atoms with E-state index < -0.39 is 0 Å². The van der Waals surface area contributed by atoms with Crippen LogP contribution in [0.3, 0.4) is 0 Å². The Morgan fingerprint density at radius 1 is 1.47 bits per heavy atom. The molecule has 1 aromatic carbocycles. The molecule has 1 atom stereocenters. The fourth-order valence-corrected chi connectivity index (χ4v) is 1.78. The highest BCUT2D eigenvalue weighted by Crippen LogP contribution is 2.21. The van der Waals surface area contributed by atoms with E-state index >= 15 is 0 Å². The van der Waals surface area contributed by atoms with Crippen LogP contribution >= 0.6 is 11.6 Å². The largest absolute Gasteiger partial charge is 0.324 e. The zero-order valence-corrected chi connectivity index (χ0v) is 9.01. The third-order valence-electron chi connectivity index (χ3n) is 2.35. The van der Waals surface area contributed by atoms with Gasteiger partial charge < -0.3 is 10.7 Å². The molecule has 78 valence electrons. The summed E-state index contributed by atoms with van der Waals surface area (Å²) in [6, 6.07) is 6.98. The van der Waals surface area contributed by atoms with Crippen molar-refractivity contribution in [3.8, 4) is 0 Å². The molecular weight excluding hydrogens is 212 g/mol. The van der Waals surface area contributed by atoms with E-state index in [1.165, 1.54) is 0 Å². The number of aromatic amines is 1. The van der Waals surface area contributed by atoms with Gasteiger partial charge in [-0.1, -0.05) is 23.7 Å². The molecule has 3 nitrogen and oxygen atoms in total. The predicted octanol–water partition coefficient (Wildman–Crippen LogP) is 2.20. The SMILES string of the molecule is CC(N)c1cc2cccc(Cl)c2[nH]c1=O. The molecule has 1 heterocycles. The van der Waals surface area contributed by atoms with Gasteiger partial charge in [0, 0.05) is 17.0 Å². The highest BCUT2D eigenvalue weighted by Gasteiger charge is 2.07. The van der Waals surface area contributed by atoms with Crippen LogP contribution in [0.1, 0.15) is 18.5 Å². The normalized spacial score (nSPS) is 13.0. The maximum atomic E-state index is 11.6. The number of fused-ring (bicyclic) bond motifs is 1. The molecule has 3 N–H and O–H groups in total. The van der Waals surface area contributed by atoms with Gasteiger partial charge in [-0.2, -0.15) is 0 Å². The topological polar surface area (TPSA) is 58.9 Å². The van der Waals surface area contributed by atoms with E-state index in [1.54, 1.807) is 19.1 Å². The molecular formula is C11H11ClN2O. The smallest absolute Gasteiger partial charge is 0.253 e. The summed E-state index contributed by atoms with van der Waals surface area (Å²) in [6.45, 7) is 1.78. The number of hydrogen-bond donors (Lipinski definition) is 2. The monoisotopic (exact) mass is 222 g/mol. The molecule has 0 spiro atoms. The standard InChI is InChI=1S/C11H11ClN2O/c1-6(13)8-5-7-3-2-4-9(12)10(7)14-11(8)15/h2-6H,13H2,1H3,(H,14,15). The number of rotatable bonds is 1. The first-order valence-corrected chi connectivity index (χ1v) is 5.04. The summed E-state index contributed by atoms with van der Waals surface area (Å²) < 4.78 is 0. The van der Waals surface area contributed by atoms with E-state index in [2.05, 4.69) is 4.98 Å². The Bertz CT molecular complexity index is 560. The lowest BCUT2D eigenvalue weighted by Crippen LogP contribution is -2.19. The Morgan fingerprint density at radius 2 is 2.20 bits per heavy atom. The van der Waals surface area contributed by atoms with Crippen molar-refractivity contribution in [3.05, 3.63) is 45.2 Å². The molecule has 0 fully saturated rings. The van der Waals surface area contributed by atoms with Gasteiger partial charge in [0.15, 0.2) is 0 Å².